The van der Waals surface area contributed by atoms with E-state index in [-0.39, 0.29) is 0 Å². The van der Waals surface area contributed by atoms with Crippen molar-refractivity contribution in [3.8, 4) is 0 Å². The second-order valence-corrected chi connectivity index (χ2v) is 6.96. The minimum Gasteiger partial charge on any atom is -0.0654 e. The third-order valence-corrected chi connectivity index (χ3v) is 5.26. The van der Waals surface area contributed by atoms with Gasteiger partial charge in [0.05, 0.1) is 0 Å². The summed E-state index contributed by atoms with van der Waals surface area (Å²) >= 11 is 0. The maximum atomic E-state index is 2.41. The molecule has 0 N–H and O–H groups in total. The lowest BCUT2D eigenvalue weighted by Gasteiger charge is -2.12. The summed E-state index contributed by atoms with van der Waals surface area (Å²) in [7, 11) is 0. The first-order valence-electron chi connectivity index (χ1n) is 9.45. The molecule has 0 bridgehead atoms. The lowest BCUT2D eigenvalue weighted by Crippen LogP contribution is -1.95. The fourth-order valence-corrected chi connectivity index (χ4v) is 4.03. The summed E-state index contributed by atoms with van der Waals surface area (Å²) in [5.74, 6) is 1.71. The molecule has 21 heavy (non-hydrogen) atoms. The molecule has 2 rings (SSSR count). The second-order valence-electron chi connectivity index (χ2n) is 6.96. The molecule has 0 amide bonds. The average molecular weight is 287 g/mol. The summed E-state index contributed by atoms with van der Waals surface area (Å²) in [6, 6.07) is 9.31. The summed E-state index contributed by atoms with van der Waals surface area (Å²) in [5.41, 5.74) is 3.38. The standard InChI is InChI=1S/C21H34/c1-3-5-7-9-13-18-17-19(14-10-8-6-4-2)21-16-12-11-15-20(18)21/h11-12,15-16,18-19H,3-10,13-14,17H2,1-2H3. The third kappa shape index (κ3) is 4.87. The zero-order valence-electron chi connectivity index (χ0n) is 14.2. The van der Waals surface area contributed by atoms with Crippen LogP contribution in [0.1, 0.15) is 107 Å². The Morgan fingerprint density at radius 3 is 1.62 bits per heavy atom. The summed E-state index contributed by atoms with van der Waals surface area (Å²) in [6.07, 6.45) is 15.5. The minimum absolute atomic E-state index is 0.856. The largest absolute Gasteiger partial charge is 0.0654 e. The normalized spacial score (nSPS) is 20.7. The van der Waals surface area contributed by atoms with Gasteiger partial charge in [-0.05, 0) is 42.2 Å². The van der Waals surface area contributed by atoms with Gasteiger partial charge in [-0.25, -0.2) is 0 Å². The SMILES string of the molecule is CCCCCCC1CC(CCCCCC)c2ccccc21. The van der Waals surface area contributed by atoms with Crippen LogP contribution in [0.15, 0.2) is 24.3 Å². The Balaban J connectivity index is 1.87. The highest BCUT2D eigenvalue weighted by atomic mass is 14.3. The van der Waals surface area contributed by atoms with E-state index in [4.69, 9.17) is 0 Å². The molecule has 0 heterocycles. The monoisotopic (exact) mass is 286 g/mol. The lowest BCUT2D eigenvalue weighted by atomic mass is 9.93. The molecule has 1 aliphatic carbocycles. The Hall–Kier alpha value is -0.780. The molecule has 0 heteroatoms. The van der Waals surface area contributed by atoms with E-state index < -0.39 is 0 Å². The first-order valence-corrected chi connectivity index (χ1v) is 9.45. The Kier molecular flexibility index (Phi) is 7.33. The van der Waals surface area contributed by atoms with Gasteiger partial charge in [0.15, 0.2) is 0 Å². The van der Waals surface area contributed by atoms with E-state index in [0.29, 0.717) is 0 Å². The molecule has 2 unspecified atom stereocenters. The van der Waals surface area contributed by atoms with Crippen molar-refractivity contribution in [2.75, 3.05) is 0 Å². The molecule has 0 saturated carbocycles. The van der Waals surface area contributed by atoms with Crippen molar-refractivity contribution in [2.24, 2.45) is 0 Å². The first-order chi connectivity index (χ1) is 10.4. The van der Waals surface area contributed by atoms with E-state index in [2.05, 4.69) is 38.1 Å². The topological polar surface area (TPSA) is 0 Å². The van der Waals surface area contributed by atoms with Crippen molar-refractivity contribution in [2.45, 2.75) is 96.3 Å². The molecule has 1 aromatic rings. The summed E-state index contributed by atoms with van der Waals surface area (Å²) < 4.78 is 0. The van der Waals surface area contributed by atoms with Crippen molar-refractivity contribution < 1.29 is 0 Å². The van der Waals surface area contributed by atoms with Crippen LogP contribution in [0, 0.1) is 0 Å². The van der Waals surface area contributed by atoms with Crippen LogP contribution in [0.2, 0.25) is 0 Å². The number of benzene rings is 1. The first kappa shape index (κ1) is 16.6. The van der Waals surface area contributed by atoms with Crippen LogP contribution < -0.4 is 0 Å². The minimum atomic E-state index is 0.856. The highest BCUT2D eigenvalue weighted by Crippen LogP contribution is 2.46. The third-order valence-electron chi connectivity index (χ3n) is 5.26. The van der Waals surface area contributed by atoms with Gasteiger partial charge in [-0.3, -0.25) is 0 Å². The van der Waals surface area contributed by atoms with Gasteiger partial charge in [0.2, 0.25) is 0 Å². The van der Waals surface area contributed by atoms with Gasteiger partial charge in [0, 0.05) is 0 Å². The maximum Gasteiger partial charge on any atom is -0.0153 e. The quantitative estimate of drug-likeness (QED) is 0.399. The van der Waals surface area contributed by atoms with E-state index >= 15 is 0 Å². The molecule has 0 nitrogen and oxygen atoms in total. The average Bonchev–Trinajstić information content (AvgIpc) is 2.87. The molecule has 118 valence electrons. The summed E-state index contributed by atoms with van der Waals surface area (Å²) in [5, 5.41) is 0. The molecule has 1 aliphatic rings. The molecule has 1 aromatic carbocycles. The highest BCUT2D eigenvalue weighted by molar-refractivity contribution is 5.38. The van der Waals surface area contributed by atoms with Gasteiger partial charge in [-0.1, -0.05) is 89.5 Å². The van der Waals surface area contributed by atoms with Crippen molar-refractivity contribution >= 4 is 0 Å². The van der Waals surface area contributed by atoms with Crippen LogP contribution in [0.25, 0.3) is 0 Å². The fourth-order valence-electron chi connectivity index (χ4n) is 4.03. The van der Waals surface area contributed by atoms with Crippen LogP contribution >= 0.6 is 0 Å². The molecule has 0 fully saturated rings. The zero-order valence-corrected chi connectivity index (χ0v) is 14.2. The maximum absolute atomic E-state index is 2.41. The number of fused-ring (bicyclic) bond motifs is 1. The number of rotatable bonds is 10. The Morgan fingerprint density at radius 1 is 0.714 bits per heavy atom. The van der Waals surface area contributed by atoms with Gasteiger partial charge >= 0.3 is 0 Å². The van der Waals surface area contributed by atoms with E-state index in [0.717, 1.165) is 11.8 Å². The van der Waals surface area contributed by atoms with Crippen molar-refractivity contribution in [3.05, 3.63) is 35.4 Å². The summed E-state index contributed by atoms with van der Waals surface area (Å²) in [4.78, 5) is 0. The Bertz CT molecular complexity index is 356. The van der Waals surface area contributed by atoms with Gasteiger partial charge in [-0.15, -0.1) is 0 Å². The smallest absolute Gasteiger partial charge is 0.0153 e. The molecule has 0 aliphatic heterocycles. The van der Waals surface area contributed by atoms with Crippen LogP contribution in [-0.4, -0.2) is 0 Å². The van der Waals surface area contributed by atoms with Crippen molar-refractivity contribution in [1.29, 1.82) is 0 Å². The molecule has 0 radical (unpaired) electrons. The van der Waals surface area contributed by atoms with Gasteiger partial charge in [0.25, 0.3) is 0 Å². The number of unbranched alkanes of at least 4 members (excludes halogenated alkanes) is 6. The van der Waals surface area contributed by atoms with Crippen LogP contribution in [-0.2, 0) is 0 Å². The van der Waals surface area contributed by atoms with E-state index in [1.165, 1.54) is 70.6 Å². The zero-order chi connectivity index (χ0) is 14.9. The van der Waals surface area contributed by atoms with Crippen LogP contribution in [0.3, 0.4) is 0 Å². The second kappa shape index (κ2) is 9.28. The molecule has 0 saturated heterocycles. The van der Waals surface area contributed by atoms with Crippen molar-refractivity contribution in [3.63, 3.8) is 0 Å². The molecule has 2 atom stereocenters. The van der Waals surface area contributed by atoms with E-state index in [9.17, 15) is 0 Å². The molecule has 0 spiro atoms. The molecular weight excluding hydrogens is 252 g/mol. The molecular formula is C21H34. The summed E-state index contributed by atoms with van der Waals surface area (Å²) in [6.45, 7) is 4.61. The van der Waals surface area contributed by atoms with Crippen LogP contribution in [0.4, 0.5) is 0 Å². The predicted octanol–water partition coefficient (Wildman–Crippen LogP) is 7.20. The van der Waals surface area contributed by atoms with Gasteiger partial charge < -0.3 is 0 Å². The number of hydrogen-bond donors (Lipinski definition) is 0. The highest BCUT2D eigenvalue weighted by Gasteiger charge is 2.29. The van der Waals surface area contributed by atoms with Crippen LogP contribution in [0.5, 0.6) is 0 Å². The lowest BCUT2D eigenvalue weighted by molar-refractivity contribution is 0.487. The van der Waals surface area contributed by atoms with E-state index in [1.54, 1.807) is 11.1 Å². The molecule has 0 aromatic heterocycles. The van der Waals surface area contributed by atoms with Gasteiger partial charge in [0.1, 0.15) is 0 Å². The fraction of sp³-hybridized carbons (Fsp3) is 0.714. The van der Waals surface area contributed by atoms with Crippen molar-refractivity contribution in [1.82, 2.24) is 0 Å². The predicted molar refractivity (Wildman–Crippen MR) is 94.1 cm³/mol. The Labute approximate surface area is 132 Å². The number of hydrogen-bond acceptors (Lipinski definition) is 0. The van der Waals surface area contributed by atoms with Gasteiger partial charge in [-0.2, -0.15) is 0 Å². The Morgan fingerprint density at radius 2 is 1.19 bits per heavy atom. The van der Waals surface area contributed by atoms with E-state index in [1.807, 2.05) is 0 Å².